The molecule has 1 fully saturated rings. The predicted octanol–water partition coefficient (Wildman–Crippen LogP) is 5.28. The van der Waals surface area contributed by atoms with Crippen molar-refractivity contribution in [1.82, 2.24) is 10.2 Å². The molecule has 1 atom stereocenters. The molecule has 0 radical (unpaired) electrons. The highest BCUT2D eigenvalue weighted by molar-refractivity contribution is 6.30. The molecule has 172 valence electrons. The van der Waals surface area contributed by atoms with Crippen molar-refractivity contribution in [2.45, 2.75) is 71.0 Å². The summed E-state index contributed by atoms with van der Waals surface area (Å²) in [6, 6.07) is 14.6. The van der Waals surface area contributed by atoms with Crippen LogP contribution in [0.4, 0.5) is 0 Å². The van der Waals surface area contributed by atoms with Gasteiger partial charge in [0.05, 0.1) is 0 Å². The molecule has 0 heterocycles. The number of hydrogen-bond acceptors (Lipinski definition) is 3. The maximum absolute atomic E-state index is 13.3. The molecule has 0 unspecified atom stereocenters. The Morgan fingerprint density at radius 2 is 1.84 bits per heavy atom. The minimum atomic E-state index is -0.543. The van der Waals surface area contributed by atoms with Gasteiger partial charge >= 0.3 is 0 Å². The number of carbonyl (C=O) groups is 2. The van der Waals surface area contributed by atoms with Crippen molar-refractivity contribution in [2.24, 2.45) is 0 Å². The van der Waals surface area contributed by atoms with Gasteiger partial charge in [0.2, 0.25) is 5.91 Å². The van der Waals surface area contributed by atoms with Crippen LogP contribution in [-0.4, -0.2) is 35.4 Å². The van der Waals surface area contributed by atoms with Gasteiger partial charge in [0.15, 0.2) is 6.61 Å². The summed E-state index contributed by atoms with van der Waals surface area (Å²) >= 11 is 5.93. The van der Waals surface area contributed by atoms with E-state index in [2.05, 4.69) is 5.32 Å². The zero-order valence-electron chi connectivity index (χ0n) is 19.0. The molecule has 0 bridgehead atoms. The van der Waals surface area contributed by atoms with Gasteiger partial charge in [-0.15, -0.1) is 0 Å². The molecule has 0 spiro atoms. The maximum atomic E-state index is 13.3. The normalized spacial score (nSPS) is 15.1. The van der Waals surface area contributed by atoms with E-state index in [1.165, 1.54) is 6.42 Å². The van der Waals surface area contributed by atoms with Crippen molar-refractivity contribution >= 4 is 23.4 Å². The first kappa shape index (κ1) is 24.1. The highest BCUT2D eigenvalue weighted by atomic mass is 35.5. The van der Waals surface area contributed by atoms with Crippen molar-refractivity contribution in [1.29, 1.82) is 0 Å². The Morgan fingerprint density at radius 1 is 1.12 bits per heavy atom. The Labute approximate surface area is 196 Å². The van der Waals surface area contributed by atoms with Gasteiger partial charge in [-0.3, -0.25) is 9.59 Å². The minimum Gasteiger partial charge on any atom is -0.484 e. The maximum Gasteiger partial charge on any atom is 0.261 e. The van der Waals surface area contributed by atoms with Crippen LogP contribution >= 0.6 is 11.6 Å². The number of rotatable bonds is 9. The largest absolute Gasteiger partial charge is 0.484 e. The second-order valence-electron chi connectivity index (χ2n) is 8.52. The number of nitrogens with zero attached hydrogens (tertiary/aromatic N) is 1. The molecule has 2 amide bonds. The van der Waals surface area contributed by atoms with Crippen LogP contribution in [0, 0.1) is 6.92 Å². The van der Waals surface area contributed by atoms with Crippen LogP contribution in [0.2, 0.25) is 5.02 Å². The third-order valence-corrected chi connectivity index (χ3v) is 6.20. The summed E-state index contributed by atoms with van der Waals surface area (Å²) in [6.07, 6.45) is 6.06. The molecule has 5 nitrogen and oxygen atoms in total. The Balaban J connectivity index is 1.74. The van der Waals surface area contributed by atoms with Gasteiger partial charge in [0, 0.05) is 17.6 Å². The first-order valence-electron chi connectivity index (χ1n) is 11.5. The van der Waals surface area contributed by atoms with Crippen LogP contribution in [0.3, 0.4) is 0 Å². The fourth-order valence-electron chi connectivity index (χ4n) is 4.23. The van der Waals surface area contributed by atoms with Crippen LogP contribution in [0.1, 0.15) is 56.6 Å². The van der Waals surface area contributed by atoms with Gasteiger partial charge in [0.1, 0.15) is 11.8 Å². The van der Waals surface area contributed by atoms with E-state index in [4.69, 9.17) is 16.3 Å². The van der Waals surface area contributed by atoms with Crippen molar-refractivity contribution in [2.75, 3.05) is 6.61 Å². The lowest BCUT2D eigenvalue weighted by Crippen LogP contribution is -2.52. The third-order valence-electron chi connectivity index (χ3n) is 5.95. The van der Waals surface area contributed by atoms with Gasteiger partial charge in [-0.2, -0.15) is 0 Å². The van der Waals surface area contributed by atoms with Crippen LogP contribution in [0.15, 0.2) is 48.5 Å². The van der Waals surface area contributed by atoms with E-state index in [0.717, 1.165) is 36.8 Å². The first-order valence-corrected chi connectivity index (χ1v) is 11.9. The number of carbonyl (C=O) groups excluding carboxylic acids is 2. The third kappa shape index (κ3) is 6.99. The van der Waals surface area contributed by atoms with E-state index in [-0.39, 0.29) is 24.5 Å². The molecule has 0 saturated heterocycles. The van der Waals surface area contributed by atoms with E-state index >= 15 is 0 Å². The van der Waals surface area contributed by atoms with E-state index in [0.29, 0.717) is 23.7 Å². The summed E-state index contributed by atoms with van der Waals surface area (Å²) in [6.45, 7) is 4.19. The lowest BCUT2D eigenvalue weighted by atomic mass is 9.95. The van der Waals surface area contributed by atoms with Crippen LogP contribution in [-0.2, 0) is 16.1 Å². The summed E-state index contributed by atoms with van der Waals surface area (Å²) in [4.78, 5) is 28.1. The highest BCUT2D eigenvalue weighted by Gasteiger charge is 2.30. The number of hydrogen-bond donors (Lipinski definition) is 1. The highest BCUT2D eigenvalue weighted by Crippen LogP contribution is 2.20. The quantitative estimate of drug-likeness (QED) is 0.558. The van der Waals surface area contributed by atoms with E-state index in [1.54, 1.807) is 29.2 Å². The second kappa shape index (κ2) is 11.9. The lowest BCUT2D eigenvalue weighted by Gasteiger charge is -2.32. The zero-order chi connectivity index (χ0) is 22.9. The molecule has 1 aliphatic rings. The smallest absolute Gasteiger partial charge is 0.261 e. The van der Waals surface area contributed by atoms with Crippen LogP contribution in [0.25, 0.3) is 0 Å². The van der Waals surface area contributed by atoms with Crippen molar-refractivity contribution in [3.05, 3.63) is 64.7 Å². The fourth-order valence-corrected chi connectivity index (χ4v) is 4.36. The molecule has 2 aromatic carbocycles. The average molecular weight is 457 g/mol. The number of halogens is 1. The number of benzene rings is 2. The molecule has 0 aliphatic heterocycles. The summed E-state index contributed by atoms with van der Waals surface area (Å²) < 4.78 is 5.71. The molecular formula is C26H33ClN2O3. The minimum absolute atomic E-state index is 0.0769. The van der Waals surface area contributed by atoms with E-state index < -0.39 is 6.04 Å². The molecule has 2 aromatic rings. The van der Waals surface area contributed by atoms with Gasteiger partial charge in [-0.25, -0.2) is 0 Å². The molecule has 0 aromatic heterocycles. The molecule has 3 rings (SSSR count). The molecule has 1 aliphatic carbocycles. The molecule has 32 heavy (non-hydrogen) atoms. The zero-order valence-corrected chi connectivity index (χ0v) is 19.7. The fraction of sp³-hybridized carbons (Fsp3) is 0.462. The summed E-state index contributed by atoms with van der Waals surface area (Å²) in [7, 11) is 0. The van der Waals surface area contributed by atoms with E-state index in [9.17, 15) is 9.59 Å². The van der Waals surface area contributed by atoms with Crippen LogP contribution < -0.4 is 10.1 Å². The summed E-state index contributed by atoms with van der Waals surface area (Å²) in [5.74, 6) is 0.275. The van der Waals surface area contributed by atoms with Gasteiger partial charge in [-0.05, 0) is 56.0 Å². The van der Waals surface area contributed by atoms with Crippen LogP contribution in [0.5, 0.6) is 5.75 Å². The monoisotopic (exact) mass is 456 g/mol. The topological polar surface area (TPSA) is 58.6 Å². The van der Waals surface area contributed by atoms with Crippen molar-refractivity contribution in [3.8, 4) is 5.75 Å². The van der Waals surface area contributed by atoms with Gasteiger partial charge < -0.3 is 15.0 Å². The Hall–Kier alpha value is -2.53. The molecule has 1 saturated carbocycles. The molecule has 6 heteroatoms. The standard InChI is InChI=1S/C26H33ClN2O3/c1-3-24(26(31)28-22-10-5-4-6-11-22)29(17-20-9-7-8-19(2)16-20)25(30)18-32-23-14-12-21(27)13-15-23/h7-9,12-16,22,24H,3-6,10-11,17-18H2,1-2H3,(H,28,31)/t24-/m0/s1. The van der Waals surface area contributed by atoms with Crippen molar-refractivity contribution < 1.29 is 14.3 Å². The average Bonchev–Trinajstić information content (AvgIpc) is 2.79. The van der Waals surface area contributed by atoms with E-state index in [1.807, 2.05) is 38.1 Å². The number of nitrogens with one attached hydrogen (secondary N) is 1. The Bertz CT molecular complexity index is 894. The lowest BCUT2D eigenvalue weighted by molar-refractivity contribution is -0.143. The Morgan fingerprint density at radius 3 is 2.50 bits per heavy atom. The predicted molar refractivity (Wildman–Crippen MR) is 128 cm³/mol. The summed E-state index contributed by atoms with van der Waals surface area (Å²) in [5.41, 5.74) is 2.11. The summed E-state index contributed by atoms with van der Waals surface area (Å²) in [5, 5.41) is 3.80. The molecule has 1 N–H and O–H groups in total. The van der Waals surface area contributed by atoms with Gasteiger partial charge in [-0.1, -0.05) is 67.6 Å². The second-order valence-corrected chi connectivity index (χ2v) is 8.96. The molecular weight excluding hydrogens is 424 g/mol. The van der Waals surface area contributed by atoms with Crippen molar-refractivity contribution in [3.63, 3.8) is 0 Å². The van der Waals surface area contributed by atoms with Gasteiger partial charge in [0.25, 0.3) is 5.91 Å². The number of aryl methyl sites for hydroxylation is 1. The SMILES string of the molecule is CC[C@@H](C(=O)NC1CCCCC1)N(Cc1cccc(C)c1)C(=O)COc1ccc(Cl)cc1. The number of ether oxygens (including phenoxy) is 1. The Kier molecular flexibility index (Phi) is 8.98. The first-order chi connectivity index (χ1) is 15.5. The number of amides is 2.